The fourth-order valence-corrected chi connectivity index (χ4v) is 2.60. The van der Waals surface area contributed by atoms with Crippen LogP contribution in [0.1, 0.15) is 11.1 Å². The predicted octanol–water partition coefficient (Wildman–Crippen LogP) is 3.98. The molecule has 4 heteroatoms. The van der Waals surface area contributed by atoms with Crippen LogP contribution in [0, 0.1) is 6.92 Å². The zero-order chi connectivity index (χ0) is 14.7. The fourth-order valence-electron chi connectivity index (χ4n) is 2.20. The van der Waals surface area contributed by atoms with Gasteiger partial charge in [0.25, 0.3) is 0 Å². The molecule has 0 spiro atoms. The Bertz CT molecular complexity index is 613. The summed E-state index contributed by atoms with van der Waals surface area (Å²) < 4.78 is 6.45. The van der Waals surface area contributed by atoms with Crippen molar-refractivity contribution in [3.05, 3.63) is 52.0 Å². The minimum absolute atomic E-state index is 0.732. The van der Waals surface area contributed by atoms with Crippen LogP contribution in [-0.4, -0.2) is 14.2 Å². The van der Waals surface area contributed by atoms with Crippen LogP contribution in [0.25, 0.3) is 0 Å². The van der Waals surface area contributed by atoms with Crippen molar-refractivity contribution in [3.8, 4) is 5.75 Å². The maximum atomic E-state index is 6.06. The summed E-state index contributed by atoms with van der Waals surface area (Å²) in [4.78, 5) is 2.13. The third-order valence-electron chi connectivity index (χ3n) is 3.25. The molecule has 0 heterocycles. The van der Waals surface area contributed by atoms with E-state index in [1.165, 1.54) is 5.56 Å². The maximum Gasteiger partial charge on any atom is 0.123 e. The Morgan fingerprint density at radius 3 is 2.65 bits per heavy atom. The van der Waals surface area contributed by atoms with Gasteiger partial charge >= 0.3 is 0 Å². The number of rotatable bonds is 4. The molecule has 0 bridgehead atoms. The number of hydrogen-bond donors (Lipinski definition) is 1. The molecule has 0 fully saturated rings. The summed E-state index contributed by atoms with van der Waals surface area (Å²) in [6, 6.07) is 12.1. The van der Waals surface area contributed by atoms with E-state index in [1.807, 2.05) is 31.3 Å². The average molecular weight is 335 g/mol. The number of ether oxygens (including phenoxy) is 1. The molecule has 0 radical (unpaired) electrons. The van der Waals surface area contributed by atoms with Crippen molar-refractivity contribution in [2.45, 2.75) is 13.5 Å². The average Bonchev–Trinajstić information content (AvgIpc) is 2.41. The van der Waals surface area contributed by atoms with Gasteiger partial charge in [-0.1, -0.05) is 22.0 Å². The molecular weight excluding hydrogens is 316 g/mol. The first-order valence-corrected chi connectivity index (χ1v) is 7.20. The summed E-state index contributed by atoms with van der Waals surface area (Å²) in [6.45, 7) is 2.80. The monoisotopic (exact) mass is 334 g/mol. The Morgan fingerprint density at radius 2 is 1.95 bits per heavy atom. The first-order chi connectivity index (χ1) is 9.51. The van der Waals surface area contributed by atoms with Gasteiger partial charge in [0.2, 0.25) is 0 Å². The highest BCUT2D eigenvalue weighted by atomic mass is 79.9. The van der Waals surface area contributed by atoms with Crippen molar-refractivity contribution in [1.82, 2.24) is 0 Å². The zero-order valence-electron chi connectivity index (χ0n) is 12.0. The van der Waals surface area contributed by atoms with Crippen LogP contribution in [0.2, 0.25) is 0 Å². The van der Waals surface area contributed by atoms with Gasteiger partial charge in [-0.2, -0.15) is 0 Å². The molecule has 0 aromatic heterocycles. The van der Waals surface area contributed by atoms with Crippen LogP contribution in [-0.2, 0) is 6.54 Å². The number of nitrogens with zero attached hydrogens (tertiary/aromatic N) is 1. The second-order valence-corrected chi connectivity index (χ2v) is 5.79. The van der Waals surface area contributed by atoms with Crippen molar-refractivity contribution >= 4 is 27.3 Å². The smallest absolute Gasteiger partial charge is 0.123 e. The summed E-state index contributed by atoms with van der Waals surface area (Å²) in [5, 5.41) is 0. The second kappa shape index (κ2) is 6.18. The lowest BCUT2D eigenvalue weighted by atomic mass is 10.1. The molecule has 2 rings (SSSR count). The van der Waals surface area contributed by atoms with E-state index < -0.39 is 0 Å². The van der Waals surface area contributed by atoms with Gasteiger partial charge in [-0.3, -0.25) is 0 Å². The van der Waals surface area contributed by atoms with Gasteiger partial charge in [0.15, 0.2) is 0 Å². The quantitative estimate of drug-likeness (QED) is 0.859. The standard InChI is InChI=1S/C16H19BrN2O/c1-11-4-6-14(18)15(8-11)19(2)10-12-9-13(17)5-7-16(12)20-3/h4-9H,10,18H2,1-3H3. The largest absolute Gasteiger partial charge is 0.496 e. The Morgan fingerprint density at radius 1 is 1.20 bits per heavy atom. The summed E-state index contributed by atoms with van der Waals surface area (Å²) in [6.07, 6.45) is 0. The molecular formula is C16H19BrN2O. The van der Waals surface area contributed by atoms with Crippen LogP contribution in [0.15, 0.2) is 40.9 Å². The third-order valence-corrected chi connectivity index (χ3v) is 3.74. The second-order valence-electron chi connectivity index (χ2n) is 4.87. The lowest BCUT2D eigenvalue weighted by molar-refractivity contribution is 0.409. The third kappa shape index (κ3) is 3.25. The molecule has 0 aliphatic rings. The van der Waals surface area contributed by atoms with Crippen LogP contribution in [0.3, 0.4) is 0 Å². The number of aryl methyl sites for hydroxylation is 1. The van der Waals surface area contributed by atoms with Gasteiger partial charge in [-0.15, -0.1) is 0 Å². The highest BCUT2D eigenvalue weighted by molar-refractivity contribution is 9.10. The number of methoxy groups -OCH3 is 1. The lowest BCUT2D eigenvalue weighted by Gasteiger charge is -2.23. The maximum absolute atomic E-state index is 6.06. The van der Waals surface area contributed by atoms with E-state index in [9.17, 15) is 0 Å². The van der Waals surface area contributed by atoms with E-state index in [2.05, 4.69) is 39.9 Å². The molecule has 0 aliphatic heterocycles. The molecule has 2 aromatic carbocycles. The molecule has 106 valence electrons. The number of benzene rings is 2. The van der Waals surface area contributed by atoms with Crippen molar-refractivity contribution < 1.29 is 4.74 Å². The topological polar surface area (TPSA) is 38.5 Å². The van der Waals surface area contributed by atoms with Gasteiger partial charge in [0.05, 0.1) is 18.5 Å². The molecule has 0 amide bonds. The number of hydrogen-bond acceptors (Lipinski definition) is 3. The zero-order valence-corrected chi connectivity index (χ0v) is 13.6. The number of halogens is 1. The lowest BCUT2D eigenvalue weighted by Crippen LogP contribution is -2.18. The van der Waals surface area contributed by atoms with Crippen molar-refractivity contribution in [2.75, 3.05) is 24.8 Å². The van der Waals surface area contributed by atoms with E-state index >= 15 is 0 Å². The normalized spacial score (nSPS) is 10.4. The van der Waals surface area contributed by atoms with Gasteiger partial charge < -0.3 is 15.4 Å². The van der Waals surface area contributed by atoms with Gasteiger partial charge in [-0.05, 0) is 42.8 Å². The van der Waals surface area contributed by atoms with E-state index in [0.29, 0.717) is 0 Å². The Hall–Kier alpha value is -1.68. The molecule has 0 aliphatic carbocycles. The minimum atomic E-state index is 0.732. The van der Waals surface area contributed by atoms with Gasteiger partial charge in [0, 0.05) is 23.6 Å². The van der Waals surface area contributed by atoms with Crippen LogP contribution >= 0.6 is 15.9 Å². The number of nitrogens with two attached hydrogens (primary N) is 1. The van der Waals surface area contributed by atoms with E-state index in [-0.39, 0.29) is 0 Å². The molecule has 0 saturated heterocycles. The fraction of sp³-hybridized carbons (Fsp3) is 0.250. The van der Waals surface area contributed by atoms with Crippen LogP contribution in [0.4, 0.5) is 11.4 Å². The van der Waals surface area contributed by atoms with Crippen molar-refractivity contribution in [1.29, 1.82) is 0 Å². The molecule has 2 aromatic rings. The first kappa shape index (κ1) is 14.7. The Balaban J connectivity index is 2.29. The van der Waals surface area contributed by atoms with Crippen LogP contribution in [0.5, 0.6) is 5.75 Å². The molecule has 3 nitrogen and oxygen atoms in total. The predicted molar refractivity (Wildman–Crippen MR) is 88.4 cm³/mol. The van der Waals surface area contributed by atoms with Gasteiger partial charge in [0.1, 0.15) is 5.75 Å². The van der Waals surface area contributed by atoms with E-state index in [0.717, 1.165) is 33.7 Å². The molecule has 20 heavy (non-hydrogen) atoms. The van der Waals surface area contributed by atoms with E-state index in [1.54, 1.807) is 7.11 Å². The Kier molecular flexibility index (Phi) is 4.55. The molecule has 0 atom stereocenters. The Labute approximate surface area is 128 Å². The summed E-state index contributed by atoms with van der Waals surface area (Å²) in [5.74, 6) is 0.881. The highest BCUT2D eigenvalue weighted by Gasteiger charge is 2.10. The highest BCUT2D eigenvalue weighted by Crippen LogP contribution is 2.28. The SMILES string of the molecule is COc1ccc(Br)cc1CN(C)c1cc(C)ccc1N. The number of nitrogen functional groups attached to an aromatic ring is 1. The molecule has 2 N–H and O–H groups in total. The van der Waals surface area contributed by atoms with E-state index in [4.69, 9.17) is 10.5 Å². The summed E-state index contributed by atoms with van der Waals surface area (Å²) in [7, 11) is 3.72. The van der Waals surface area contributed by atoms with Crippen molar-refractivity contribution in [3.63, 3.8) is 0 Å². The first-order valence-electron chi connectivity index (χ1n) is 6.41. The van der Waals surface area contributed by atoms with Crippen LogP contribution < -0.4 is 15.4 Å². The minimum Gasteiger partial charge on any atom is -0.496 e. The summed E-state index contributed by atoms with van der Waals surface area (Å²) >= 11 is 3.50. The molecule has 0 unspecified atom stereocenters. The van der Waals surface area contributed by atoms with Crippen molar-refractivity contribution in [2.24, 2.45) is 0 Å². The number of anilines is 2. The van der Waals surface area contributed by atoms with Gasteiger partial charge in [-0.25, -0.2) is 0 Å². The summed E-state index contributed by atoms with van der Waals surface area (Å²) in [5.41, 5.74) is 10.2. The molecule has 0 saturated carbocycles.